The van der Waals surface area contributed by atoms with Crippen LogP contribution in [0.2, 0.25) is 0 Å². The van der Waals surface area contributed by atoms with Crippen molar-refractivity contribution in [2.75, 3.05) is 27.7 Å². The topological polar surface area (TPSA) is 52.9 Å². The number of nitrogens with zero attached hydrogens (tertiary/aromatic N) is 1. The zero-order chi connectivity index (χ0) is 19.3. The molecular weight excluding hydrogens is 338 g/mol. The average Bonchev–Trinajstić information content (AvgIpc) is 2.90. The number of phenolic OH excluding ortho intramolecular Hbond substituents is 1. The van der Waals surface area contributed by atoms with Crippen LogP contribution in [0.1, 0.15) is 56.1 Å². The van der Waals surface area contributed by atoms with Gasteiger partial charge < -0.3 is 19.8 Å². The van der Waals surface area contributed by atoms with E-state index in [-0.39, 0.29) is 17.3 Å². The highest BCUT2D eigenvalue weighted by molar-refractivity contribution is 5.49. The Labute approximate surface area is 163 Å². The van der Waals surface area contributed by atoms with Gasteiger partial charge in [-0.2, -0.15) is 0 Å². The number of aliphatic hydroxyl groups excluding tert-OH is 1. The Morgan fingerprint density at radius 1 is 1.26 bits per heavy atom. The molecule has 0 unspecified atom stereocenters. The molecule has 27 heavy (non-hydrogen) atoms. The summed E-state index contributed by atoms with van der Waals surface area (Å²) in [5.41, 5.74) is 2.74. The second-order valence-electron chi connectivity index (χ2n) is 9.72. The molecule has 2 fully saturated rings. The zero-order valence-corrected chi connectivity index (χ0v) is 17.2. The Bertz CT molecular complexity index is 703. The van der Waals surface area contributed by atoms with E-state index in [1.54, 1.807) is 7.11 Å². The van der Waals surface area contributed by atoms with Crippen LogP contribution >= 0.6 is 0 Å². The largest absolute Gasteiger partial charge is 0.504 e. The molecule has 1 aromatic carbocycles. The van der Waals surface area contributed by atoms with Crippen LogP contribution in [0.25, 0.3) is 0 Å². The molecule has 4 heteroatoms. The number of aliphatic hydroxyl groups is 1. The normalized spacial score (nSPS) is 37.6. The van der Waals surface area contributed by atoms with E-state index in [4.69, 9.17) is 4.74 Å². The molecular formula is C23H35NO3. The number of hydrogen-bond donors (Lipinski definition) is 2. The molecule has 3 aliphatic rings. The number of hydrogen-bond acceptors (Lipinski definition) is 4. The van der Waals surface area contributed by atoms with Gasteiger partial charge in [0.15, 0.2) is 11.5 Å². The van der Waals surface area contributed by atoms with E-state index in [0.717, 1.165) is 38.6 Å². The molecule has 0 amide bonds. The highest BCUT2D eigenvalue weighted by Crippen LogP contribution is 2.63. The predicted molar refractivity (Wildman–Crippen MR) is 107 cm³/mol. The van der Waals surface area contributed by atoms with Crippen molar-refractivity contribution in [3.05, 3.63) is 23.3 Å². The molecule has 4 nitrogen and oxygen atoms in total. The Hall–Kier alpha value is -1.26. The number of benzene rings is 1. The Morgan fingerprint density at radius 3 is 2.74 bits per heavy atom. The second kappa shape index (κ2) is 6.97. The third-order valence-corrected chi connectivity index (χ3v) is 8.09. The van der Waals surface area contributed by atoms with Crippen LogP contribution in [-0.2, 0) is 6.42 Å². The monoisotopic (exact) mass is 373 g/mol. The molecule has 3 aliphatic carbocycles. The summed E-state index contributed by atoms with van der Waals surface area (Å²) in [5, 5.41) is 21.4. The van der Waals surface area contributed by atoms with Gasteiger partial charge >= 0.3 is 0 Å². The van der Waals surface area contributed by atoms with Crippen LogP contribution in [-0.4, -0.2) is 49.0 Å². The van der Waals surface area contributed by atoms with E-state index in [2.05, 4.69) is 32.0 Å². The maximum atomic E-state index is 11.2. The van der Waals surface area contributed by atoms with E-state index in [0.29, 0.717) is 29.4 Å². The fourth-order valence-electron chi connectivity index (χ4n) is 6.60. The molecule has 0 heterocycles. The van der Waals surface area contributed by atoms with Crippen molar-refractivity contribution in [3.8, 4) is 11.5 Å². The average molecular weight is 374 g/mol. The van der Waals surface area contributed by atoms with Gasteiger partial charge in [-0.3, -0.25) is 0 Å². The fourth-order valence-corrected chi connectivity index (χ4v) is 6.60. The van der Waals surface area contributed by atoms with Gasteiger partial charge in [-0.25, -0.2) is 0 Å². The summed E-state index contributed by atoms with van der Waals surface area (Å²) in [6.45, 7) is 3.40. The van der Waals surface area contributed by atoms with Crippen LogP contribution in [0.15, 0.2) is 12.1 Å². The molecule has 0 aliphatic heterocycles. The van der Waals surface area contributed by atoms with Crippen molar-refractivity contribution in [2.45, 2.75) is 57.5 Å². The molecule has 1 aromatic rings. The Kier molecular flexibility index (Phi) is 4.92. The van der Waals surface area contributed by atoms with Gasteiger partial charge in [0.1, 0.15) is 0 Å². The molecule has 150 valence electrons. The van der Waals surface area contributed by atoms with E-state index in [9.17, 15) is 10.2 Å². The maximum Gasteiger partial charge on any atom is 0.160 e. The first-order valence-corrected chi connectivity index (χ1v) is 10.6. The van der Waals surface area contributed by atoms with E-state index in [1.807, 2.05) is 6.07 Å². The van der Waals surface area contributed by atoms with Gasteiger partial charge in [-0.05, 0) is 112 Å². The molecule has 0 aromatic heterocycles. The number of aryl methyl sites for hydroxylation is 1. The van der Waals surface area contributed by atoms with E-state index in [1.165, 1.54) is 17.5 Å². The summed E-state index contributed by atoms with van der Waals surface area (Å²) < 4.78 is 5.39. The van der Waals surface area contributed by atoms with E-state index < -0.39 is 0 Å². The number of ether oxygens (including phenoxy) is 1. The first-order valence-electron chi connectivity index (χ1n) is 10.6. The number of methoxy groups -OCH3 is 1. The summed E-state index contributed by atoms with van der Waals surface area (Å²) >= 11 is 0. The molecule has 0 bridgehead atoms. The summed E-state index contributed by atoms with van der Waals surface area (Å²) in [4.78, 5) is 2.23. The number of aromatic hydroxyl groups is 1. The minimum absolute atomic E-state index is 0.0661. The quantitative estimate of drug-likeness (QED) is 0.843. The number of rotatable bonds is 4. The number of phenols is 1. The third-order valence-electron chi connectivity index (χ3n) is 8.09. The molecule has 0 spiro atoms. The van der Waals surface area contributed by atoms with Crippen LogP contribution in [0.3, 0.4) is 0 Å². The zero-order valence-electron chi connectivity index (χ0n) is 17.2. The number of fused-ring (bicyclic) bond motifs is 5. The van der Waals surface area contributed by atoms with Crippen LogP contribution in [0, 0.1) is 23.2 Å². The fraction of sp³-hybridized carbons (Fsp3) is 0.739. The standard InChI is InChI=1S/C23H35NO3/c1-23-9-7-16-17(19(23)11-15(22(23)26)8-10-24(2)3)6-5-14-12-20(25)21(27-4)13-18(14)16/h12-13,15-17,19,22,25-26H,5-11H2,1-4H3/t15-,16+,17-,19+,22+,23+/m1/s1. The molecule has 0 radical (unpaired) electrons. The highest BCUT2D eigenvalue weighted by atomic mass is 16.5. The Morgan fingerprint density at radius 2 is 2.04 bits per heavy atom. The molecule has 0 saturated heterocycles. The van der Waals surface area contributed by atoms with Crippen molar-refractivity contribution in [2.24, 2.45) is 23.2 Å². The van der Waals surface area contributed by atoms with Crippen molar-refractivity contribution < 1.29 is 14.9 Å². The molecule has 2 saturated carbocycles. The first kappa shape index (κ1) is 19.1. The van der Waals surface area contributed by atoms with Crippen LogP contribution < -0.4 is 4.74 Å². The van der Waals surface area contributed by atoms with Gasteiger partial charge in [-0.1, -0.05) is 6.92 Å². The Balaban J connectivity index is 1.61. The highest BCUT2D eigenvalue weighted by Gasteiger charge is 2.57. The molecule has 2 N–H and O–H groups in total. The summed E-state index contributed by atoms with van der Waals surface area (Å²) in [6.07, 6.45) is 6.53. The van der Waals surface area contributed by atoms with Crippen molar-refractivity contribution in [1.82, 2.24) is 4.90 Å². The van der Waals surface area contributed by atoms with Gasteiger partial charge in [0.25, 0.3) is 0 Å². The lowest BCUT2D eigenvalue weighted by atomic mass is 9.55. The second-order valence-corrected chi connectivity index (χ2v) is 9.72. The lowest BCUT2D eigenvalue weighted by Crippen LogP contribution is -2.44. The molecule has 4 rings (SSSR count). The van der Waals surface area contributed by atoms with Gasteiger partial charge in [0.05, 0.1) is 13.2 Å². The summed E-state index contributed by atoms with van der Waals surface area (Å²) in [5.74, 6) is 3.07. The van der Waals surface area contributed by atoms with Gasteiger partial charge in [-0.15, -0.1) is 0 Å². The SMILES string of the molecule is COc1cc2c(cc1O)CC[C@@H]1[C@@H]2CC[C@]2(C)[C@@H](O)[C@H](CCN(C)C)C[C@@H]12. The molecule has 6 atom stereocenters. The van der Waals surface area contributed by atoms with Crippen molar-refractivity contribution in [1.29, 1.82) is 0 Å². The van der Waals surface area contributed by atoms with Gasteiger partial charge in [0, 0.05) is 0 Å². The van der Waals surface area contributed by atoms with Crippen LogP contribution in [0.5, 0.6) is 11.5 Å². The first-order chi connectivity index (χ1) is 12.8. The minimum atomic E-state index is -0.167. The van der Waals surface area contributed by atoms with Crippen molar-refractivity contribution >= 4 is 0 Å². The van der Waals surface area contributed by atoms with E-state index >= 15 is 0 Å². The van der Waals surface area contributed by atoms with Crippen LogP contribution in [0.4, 0.5) is 0 Å². The summed E-state index contributed by atoms with van der Waals surface area (Å²) in [7, 11) is 5.86. The van der Waals surface area contributed by atoms with Crippen molar-refractivity contribution in [3.63, 3.8) is 0 Å². The third kappa shape index (κ3) is 3.05. The summed E-state index contributed by atoms with van der Waals surface area (Å²) in [6, 6.07) is 4.00. The maximum absolute atomic E-state index is 11.2. The smallest absolute Gasteiger partial charge is 0.160 e. The van der Waals surface area contributed by atoms with Gasteiger partial charge in [0.2, 0.25) is 0 Å². The minimum Gasteiger partial charge on any atom is -0.504 e. The lowest BCUT2D eigenvalue weighted by molar-refractivity contribution is -0.0338. The lowest BCUT2D eigenvalue weighted by Gasteiger charge is -2.50. The predicted octanol–water partition coefficient (Wildman–Crippen LogP) is 3.80.